The number of H-pyrrole nitrogens is 1. The van der Waals surface area contributed by atoms with Crippen molar-refractivity contribution in [3.8, 4) is 11.1 Å². The van der Waals surface area contributed by atoms with Gasteiger partial charge in [0.15, 0.2) is 0 Å². The summed E-state index contributed by atoms with van der Waals surface area (Å²) in [5.74, 6) is -0.884. The molecule has 1 aromatic carbocycles. The minimum Gasteiger partial charge on any atom is -0.389 e. The smallest absolute Gasteiger partial charge is 0.261 e. The Kier molecular flexibility index (Phi) is 6.45. The predicted molar refractivity (Wildman–Crippen MR) is 109 cm³/mol. The van der Waals surface area contributed by atoms with Crippen molar-refractivity contribution in [2.75, 3.05) is 18.4 Å². The Morgan fingerprint density at radius 1 is 1.25 bits per heavy atom. The number of pyridine rings is 1. The monoisotopic (exact) mass is 421 g/mol. The third-order valence-corrected chi connectivity index (χ3v) is 5.15. The van der Waals surface area contributed by atoms with Gasteiger partial charge in [-0.25, -0.2) is 4.39 Å². The summed E-state index contributed by atoms with van der Waals surface area (Å²) in [6.07, 6.45) is 0.584. The molecule has 28 heavy (non-hydrogen) atoms. The molecule has 0 aliphatic heterocycles. The van der Waals surface area contributed by atoms with Gasteiger partial charge in [-0.05, 0) is 42.0 Å². The van der Waals surface area contributed by atoms with E-state index >= 15 is 0 Å². The second-order valence-electron chi connectivity index (χ2n) is 5.96. The largest absolute Gasteiger partial charge is 0.389 e. The van der Waals surface area contributed by atoms with Crippen LogP contribution in [-0.4, -0.2) is 35.2 Å². The molecule has 0 aliphatic rings. The number of benzene rings is 1. The van der Waals surface area contributed by atoms with Gasteiger partial charge in [-0.1, -0.05) is 17.7 Å². The molecule has 146 valence electrons. The lowest BCUT2D eigenvalue weighted by atomic mass is 10.1. The van der Waals surface area contributed by atoms with Crippen LogP contribution >= 0.6 is 22.9 Å². The quantitative estimate of drug-likeness (QED) is 0.471. The molecule has 3 aromatic rings. The maximum atomic E-state index is 14.3. The zero-order chi connectivity index (χ0) is 20.1. The van der Waals surface area contributed by atoms with Crippen LogP contribution in [0.1, 0.15) is 9.67 Å². The van der Waals surface area contributed by atoms with Crippen LogP contribution in [0.5, 0.6) is 0 Å². The van der Waals surface area contributed by atoms with Crippen LogP contribution in [-0.2, 0) is 0 Å². The number of aliphatic hydroxyl groups is 1. The van der Waals surface area contributed by atoms with Crippen LogP contribution in [0.25, 0.3) is 11.1 Å². The number of amides is 1. The van der Waals surface area contributed by atoms with Crippen LogP contribution in [0.3, 0.4) is 0 Å². The molecule has 2 heterocycles. The molecule has 0 saturated heterocycles. The fourth-order valence-corrected chi connectivity index (χ4v) is 3.47. The number of thiophene rings is 1. The number of hydrogen-bond acceptors (Lipinski definition) is 5. The van der Waals surface area contributed by atoms with Crippen molar-refractivity contribution < 1.29 is 14.3 Å². The van der Waals surface area contributed by atoms with E-state index in [1.165, 1.54) is 18.3 Å². The van der Waals surface area contributed by atoms with E-state index in [4.69, 9.17) is 11.6 Å². The highest BCUT2D eigenvalue weighted by Gasteiger charge is 2.12. The number of aromatic nitrogens is 1. The van der Waals surface area contributed by atoms with Crippen LogP contribution in [0, 0.1) is 5.82 Å². The van der Waals surface area contributed by atoms with Gasteiger partial charge in [-0.2, -0.15) is 0 Å². The first-order valence-electron chi connectivity index (χ1n) is 8.37. The van der Waals surface area contributed by atoms with E-state index in [0.29, 0.717) is 20.3 Å². The Morgan fingerprint density at radius 2 is 2.07 bits per heavy atom. The van der Waals surface area contributed by atoms with E-state index in [0.717, 1.165) is 11.3 Å². The predicted octanol–water partition coefficient (Wildman–Crippen LogP) is 3.10. The van der Waals surface area contributed by atoms with E-state index in [2.05, 4.69) is 15.6 Å². The van der Waals surface area contributed by atoms with Crippen LogP contribution in [0.2, 0.25) is 4.34 Å². The molecule has 9 heteroatoms. The summed E-state index contributed by atoms with van der Waals surface area (Å²) in [5, 5.41) is 15.4. The second-order valence-corrected chi connectivity index (χ2v) is 7.67. The number of carbonyl (C=O) groups excluding carboxylic acids is 1. The molecule has 2 aromatic heterocycles. The molecular weight excluding hydrogens is 405 g/mol. The lowest BCUT2D eigenvalue weighted by Gasteiger charge is -2.14. The maximum absolute atomic E-state index is 14.3. The van der Waals surface area contributed by atoms with Gasteiger partial charge in [0, 0.05) is 24.8 Å². The van der Waals surface area contributed by atoms with E-state index in [1.54, 1.807) is 30.3 Å². The first-order chi connectivity index (χ1) is 13.4. The zero-order valence-electron chi connectivity index (χ0n) is 14.5. The van der Waals surface area contributed by atoms with Crippen LogP contribution < -0.4 is 16.2 Å². The topological polar surface area (TPSA) is 94.2 Å². The van der Waals surface area contributed by atoms with Crippen molar-refractivity contribution in [3.63, 3.8) is 0 Å². The van der Waals surface area contributed by atoms with Crippen molar-refractivity contribution in [1.29, 1.82) is 0 Å². The first kappa shape index (κ1) is 20.1. The highest BCUT2D eigenvalue weighted by Crippen LogP contribution is 2.22. The number of carbonyl (C=O) groups is 1. The molecule has 6 nitrogen and oxygen atoms in total. The normalized spacial score (nSPS) is 11.8. The Hall–Kier alpha value is -2.68. The lowest BCUT2D eigenvalue weighted by Crippen LogP contribution is -2.35. The Labute approximate surface area is 169 Å². The average Bonchev–Trinajstić information content (AvgIpc) is 3.12. The van der Waals surface area contributed by atoms with E-state index in [1.807, 2.05) is 0 Å². The fourth-order valence-electron chi connectivity index (χ4n) is 2.51. The SMILES string of the molecule is O=C(NCC(O)CNc1ccc(-c2ccc[nH]c2=O)cc1F)c1ccc(Cl)s1. The van der Waals surface area contributed by atoms with Gasteiger partial charge < -0.3 is 20.7 Å². The number of aromatic amines is 1. The minimum atomic E-state index is -0.921. The molecular formula is C19H17ClFN3O3S. The third kappa shape index (κ3) is 4.98. The number of hydrogen-bond donors (Lipinski definition) is 4. The molecule has 0 aliphatic carbocycles. The molecule has 0 fully saturated rings. The van der Waals surface area contributed by atoms with Crippen molar-refractivity contribution >= 4 is 34.5 Å². The summed E-state index contributed by atoms with van der Waals surface area (Å²) in [4.78, 5) is 26.7. The summed E-state index contributed by atoms with van der Waals surface area (Å²) >= 11 is 6.93. The fraction of sp³-hybridized carbons (Fsp3) is 0.158. The summed E-state index contributed by atoms with van der Waals surface area (Å²) in [6.45, 7) is 0.0358. The zero-order valence-corrected chi connectivity index (χ0v) is 16.1. The van der Waals surface area contributed by atoms with Crippen LogP contribution in [0.4, 0.5) is 10.1 Å². The minimum absolute atomic E-state index is 0.000443. The highest BCUT2D eigenvalue weighted by molar-refractivity contribution is 7.17. The lowest BCUT2D eigenvalue weighted by molar-refractivity contribution is 0.0926. The average molecular weight is 422 g/mol. The summed E-state index contributed by atoms with van der Waals surface area (Å²) < 4.78 is 14.8. The second kappa shape index (κ2) is 9.01. The number of nitrogens with one attached hydrogen (secondary N) is 3. The van der Waals surface area contributed by atoms with Gasteiger partial charge in [-0.3, -0.25) is 9.59 Å². The van der Waals surface area contributed by atoms with Crippen molar-refractivity contribution in [3.05, 3.63) is 74.0 Å². The maximum Gasteiger partial charge on any atom is 0.261 e. The Morgan fingerprint density at radius 3 is 2.75 bits per heavy atom. The van der Waals surface area contributed by atoms with Gasteiger partial charge in [0.1, 0.15) is 5.82 Å². The van der Waals surface area contributed by atoms with Crippen molar-refractivity contribution in [2.24, 2.45) is 0 Å². The summed E-state index contributed by atoms with van der Waals surface area (Å²) in [7, 11) is 0. The first-order valence-corrected chi connectivity index (χ1v) is 9.56. The molecule has 0 bridgehead atoms. The third-order valence-electron chi connectivity index (χ3n) is 3.92. The highest BCUT2D eigenvalue weighted by atomic mass is 35.5. The number of rotatable bonds is 7. The van der Waals surface area contributed by atoms with Crippen molar-refractivity contribution in [1.82, 2.24) is 10.3 Å². The molecule has 0 saturated carbocycles. The molecule has 0 radical (unpaired) electrons. The van der Waals surface area contributed by atoms with Gasteiger partial charge in [-0.15, -0.1) is 11.3 Å². The molecule has 0 spiro atoms. The van der Waals surface area contributed by atoms with E-state index in [-0.39, 0.29) is 30.2 Å². The Bertz CT molecular complexity index is 1040. The molecule has 1 atom stereocenters. The van der Waals surface area contributed by atoms with E-state index in [9.17, 15) is 19.1 Å². The number of halogens is 2. The summed E-state index contributed by atoms with van der Waals surface area (Å²) in [5.41, 5.74) is 0.698. The van der Waals surface area contributed by atoms with Gasteiger partial charge in [0.25, 0.3) is 11.5 Å². The number of anilines is 1. The van der Waals surface area contributed by atoms with Crippen LogP contribution in [0.15, 0.2) is 53.5 Å². The molecule has 4 N–H and O–H groups in total. The standard InChI is InChI=1S/C19H17ClFN3O3S/c20-17-6-5-16(28-17)19(27)24-10-12(25)9-23-15-4-3-11(8-14(15)21)13-2-1-7-22-18(13)26/h1-8,12,23,25H,9-10H2,(H,22,26)(H,24,27). The van der Waals surface area contributed by atoms with E-state index < -0.39 is 11.9 Å². The van der Waals surface area contributed by atoms with Crippen molar-refractivity contribution in [2.45, 2.75) is 6.10 Å². The number of aliphatic hydroxyl groups excluding tert-OH is 1. The Balaban J connectivity index is 1.55. The molecule has 1 amide bonds. The van der Waals surface area contributed by atoms with Gasteiger partial charge in [0.05, 0.1) is 21.0 Å². The summed E-state index contributed by atoms with van der Waals surface area (Å²) in [6, 6.07) is 10.8. The molecule has 1 unspecified atom stereocenters. The molecule has 3 rings (SSSR count). The van der Waals surface area contributed by atoms with Gasteiger partial charge >= 0.3 is 0 Å². The van der Waals surface area contributed by atoms with Gasteiger partial charge in [0.2, 0.25) is 0 Å².